The van der Waals surface area contributed by atoms with Crippen LogP contribution >= 0.6 is 0 Å². The van der Waals surface area contributed by atoms with Crippen LogP contribution in [0.4, 0.5) is 13.2 Å². The largest absolute Gasteiger partial charge is 0.426 e. The summed E-state index contributed by atoms with van der Waals surface area (Å²) in [6.45, 7) is 2.63. The second kappa shape index (κ2) is 5.73. The molecule has 104 valence electrons. The van der Waals surface area contributed by atoms with Crippen LogP contribution in [-0.2, 0) is 15.8 Å². The fourth-order valence-corrected chi connectivity index (χ4v) is 1.42. The number of carbonyl (C=O) groups is 1. The first-order valence-corrected chi connectivity index (χ1v) is 5.23. The van der Waals surface area contributed by atoms with E-state index in [1.807, 2.05) is 0 Å². The number of benzene rings is 1. The molecule has 0 aliphatic rings. The van der Waals surface area contributed by atoms with Gasteiger partial charge in [0.2, 0.25) is 0 Å². The fraction of sp³-hybridized carbons (Fsp3) is 0.333. The molecule has 1 aromatic rings. The van der Waals surface area contributed by atoms with Crippen molar-refractivity contribution in [1.82, 2.24) is 0 Å². The SMILES string of the molecule is CO/N=C(\C)c1ccc(C(F)(F)F)cc1OC(C)=O. The van der Waals surface area contributed by atoms with E-state index in [0.717, 1.165) is 19.1 Å². The molecule has 0 saturated carbocycles. The highest BCUT2D eigenvalue weighted by molar-refractivity contribution is 6.01. The van der Waals surface area contributed by atoms with E-state index in [4.69, 9.17) is 4.74 Å². The minimum Gasteiger partial charge on any atom is -0.426 e. The van der Waals surface area contributed by atoms with Gasteiger partial charge in [0, 0.05) is 12.5 Å². The van der Waals surface area contributed by atoms with Crippen LogP contribution in [0.15, 0.2) is 23.4 Å². The fourth-order valence-electron chi connectivity index (χ4n) is 1.42. The lowest BCUT2D eigenvalue weighted by atomic mass is 10.1. The van der Waals surface area contributed by atoms with Gasteiger partial charge in [0.1, 0.15) is 12.9 Å². The minimum atomic E-state index is -4.51. The quantitative estimate of drug-likeness (QED) is 0.369. The van der Waals surface area contributed by atoms with E-state index in [9.17, 15) is 18.0 Å². The first-order valence-electron chi connectivity index (χ1n) is 5.23. The molecule has 0 N–H and O–H groups in total. The Bertz CT molecular complexity index is 509. The number of hydrogen-bond acceptors (Lipinski definition) is 4. The number of carbonyl (C=O) groups excluding carboxylic acids is 1. The lowest BCUT2D eigenvalue weighted by Crippen LogP contribution is -2.10. The van der Waals surface area contributed by atoms with Crippen LogP contribution < -0.4 is 4.74 Å². The summed E-state index contributed by atoms with van der Waals surface area (Å²) >= 11 is 0. The molecule has 0 spiro atoms. The predicted octanol–water partition coefficient (Wildman–Crippen LogP) is 3.00. The maximum atomic E-state index is 12.6. The van der Waals surface area contributed by atoms with Crippen LogP contribution in [0.3, 0.4) is 0 Å². The van der Waals surface area contributed by atoms with Gasteiger partial charge in [0.25, 0.3) is 0 Å². The van der Waals surface area contributed by atoms with Crippen molar-refractivity contribution < 1.29 is 27.5 Å². The van der Waals surface area contributed by atoms with Gasteiger partial charge < -0.3 is 9.57 Å². The normalized spacial score (nSPS) is 12.2. The summed E-state index contributed by atoms with van der Waals surface area (Å²) in [7, 11) is 1.30. The molecule has 1 aromatic carbocycles. The van der Waals surface area contributed by atoms with Gasteiger partial charge in [-0.15, -0.1) is 0 Å². The highest BCUT2D eigenvalue weighted by Gasteiger charge is 2.31. The smallest absolute Gasteiger partial charge is 0.416 e. The second-order valence-electron chi connectivity index (χ2n) is 3.66. The van der Waals surface area contributed by atoms with E-state index in [2.05, 4.69) is 9.99 Å². The second-order valence-corrected chi connectivity index (χ2v) is 3.66. The number of hydrogen-bond donors (Lipinski definition) is 0. The molecule has 0 bridgehead atoms. The molecule has 0 radical (unpaired) electrons. The van der Waals surface area contributed by atoms with Crippen LogP contribution in [0.25, 0.3) is 0 Å². The van der Waals surface area contributed by atoms with E-state index in [-0.39, 0.29) is 11.3 Å². The van der Waals surface area contributed by atoms with Gasteiger partial charge in [0.15, 0.2) is 0 Å². The van der Waals surface area contributed by atoms with Crippen molar-refractivity contribution in [2.45, 2.75) is 20.0 Å². The Kier molecular flexibility index (Phi) is 4.52. The zero-order valence-electron chi connectivity index (χ0n) is 10.5. The van der Waals surface area contributed by atoms with E-state index < -0.39 is 17.7 Å². The Balaban J connectivity index is 3.32. The van der Waals surface area contributed by atoms with Crippen molar-refractivity contribution >= 4 is 11.7 Å². The highest BCUT2D eigenvalue weighted by atomic mass is 19.4. The number of ether oxygens (including phenoxy) is 1. The van der Waals surface area contributed by atoms with Crippen molar-refractivity contribution in [3.8, 4) is 5.75 Å². The van der Waals surface area contributed by atoms with Gasteiger partial charge in [-0.25, -0.2) is 0 Å². The van der Waals surface area contributed by atoms with Crippen LogP contribution in [-0.4, -0.2) is 18.8 Å². The zero-order chi connectivity index (χ0) is 14.6. The van der Waals surface area contributed by atoms with Gasteiger partial charge >= 0.3 is 12.1 Å². The topological polar surface area (TPSA) is 47.9 Å². The van der Waals surface area contributed by atoms with Gasteiger partial charge in [-0.2, -0.15) is 13.2 Å². The van der Waals surface area contributed by atoms with Crippen LogP contribution in [0.2, 0.25) is 0 Å². The van der Waals surface area contributed by atoms with Crippen molar-refractivity contribution in [2.75, 3.05) is 7.11 Å². The van der Waals surface area contributed by atoms with E-state index >= 15 is 0 Å². The predicted molar refractivity (Wildman–Crippen MR) is 62.0 cm³/mol. The number of halogens is 3. The number of esters is 1. The Morgan fingerprint density at radius 3 is 2.37 bits per heavy atom. The Labute approximate surface area is 107 Å². The van der Waals surface area contributed by atoms with Crippen molar-refractivity contribution in [3.05, 3.63) is 29.3 Å². The van der Waals surface area contributed by atoms with Gasteiger partial charge in [-0.1, -0.05) is 5.16 Å². The average molecular weight is 275 g/mol. The molecule has 0 atom stereocenters. The number of rotatable bonds is 3. The summed E-state index contributed by atoms with van der Waals surface area (Å²) in [4.78, 5) is 15.5. The molecule has 0 heterocycles. The highest BCUT2D eigenvalue weighted by Crippen LogP contribution is 2.33. The molecule has 0 aliphatic carbocycles. The van der Waals surface area contributed by atoms with E-state index in [1.165, 1.54) is 20.1 Å². The molecule has 0 aliphatic heterocycles. The van der Waals surface area contributed by atoms with Gasteiger partial charge in [-0.05, 0) is 25.1 Å². The molecular formula is C12H12F3NO3. The van der Waals surface area contributed by atoms with Crippen LogP contribution in [0, 0.1) is 0 Å². The van der Waals surface area contributed by atoms with E-state index in [0.29, 0.717) is 5.71 Å². The summed E-state index contributed by atoms with van der Waals surface area (Å²) < 4.78 is 42.5. The molecule has 1 rings (SSSR count). The zero-order valence-corrected chi connectivity index (χ0v) is 10.5. The summed E-state index contributed by atoms with van der Waals surface area (Å²) in [5, 5.41) is 3.60. The third-order valence-electron chi connectivity index (χ3n) is 2.18. The molecular weight excluding hydrogens is 263 g/mol. The standard InChI is InChI=1S/C12H12F3NO3/c1-7(16-18-3)10-5-4-9(12(13,14)15)6-11(10)19-8(2)17/h4-6H,1-3H3/b16-7+. The van der Waals surface area contributed by atoms with Crippen molar-refractivity contribution in [3.63, 3.8) is 0 Å². The van der Waals surface area contributed by atoms with Crippen molar-refractivity contribution in [2.24, 2.45) is 5.16 Å². The molecule has 0 unspecified atom stereocenters. The summed E-state index contributed by atoms with van der Waals surface area (Å²) in [5.74, 6) is -0.925. The maximum absolute atomic E-state index is 12.6. The Hall–Kier alpha value is -2.05. The molecule has 19 heavy (non-hydrogen) atoms. The first kappa shape index (κ1) is 15.0. The molecule has 7 heteroatoms. The molecule has 0 fully saturated rings. The summed E-state index contributed by atoms with van der Waals surface area (Å²) in [5.41, 5.74) is -0.352. The third kappa shape index (κ3) is 3.97. The lowest BCUT2D eigenvalue weighted by molar-refractivity contribution is -0.138. The van der Waals surface area contributed by atoms with Gasteiger partial charge in [0.05, 0.1) is 11.3 Å². The monoisotopic (exact) mass is 275 g/mol. The average Bonchev–Trinajstić information content (AvgIpc) is 2.27. The van der Waals surface area contributed by atoms with Crippen LogP contribution in [0.1, 0.15) is 25.0 Å². The molecule has 4 nitrogen and oxygen atoms in total. The Morgan fingerprint density at radius 2 is 1.89 bits per heavy atom. The van der Waals surface area contributed by atoms with Crippen LogP contribution in [0.5, 0.6) is 5.75 Å². The Morgan fingerprint density at radius 1 is 1.26 bits per heavy atom. The molecule has 0 amide bonds. The molecule has 0 aromatic heterocycles. The van der Waals surface area contributed by atoms with Gasteiger partial charge in [-0.3, -0.25) is 4.79 Å². The maximum Gasteiger partial charge on any atom is 0.416 e. The number of alkyl halides is 3. The number of nitrogens with zero attached hydrogens (tertiary/aromatic N) is 1. The van der Waals surface area contributed by atoms with E-state index in [1.54, 1.807) is 0 Å². The number of oxime groups is 1. The minimum absolute atomic E-state index is 0.208. The first-order chi connectivity index (χ1) is 8.75. The summed E-state index contributed by atoms with van der Waals surface area (Å²) in [6, 6.07) is 2.82. The summed E-state index contributed by atoms with van der Waals surface area (Å²) in [6.07, 6.45) is -4.51. The molecule has 0 saturated heterocycles. The van der Waals surface area contributed by atoms with Crippen molar-refractivity contribution in [1.29, 1.82) is 0 Å². The lowest BCUT2D eigenvalue weighted by Gasteiger charge is -2.12. The third-order valence-corrected chi connectivity index (χ3v) is 2.18.